The molecule has 0 saturated heterocycles. The molecule has 0 fully saturated rings. The zero-order valence-corrected chi connectivity index (χ0v) is 15.9. The van der Waals surface area contributed by atoms with Crippen LogP contribution >= 0.6 is 0 Å². The summed E-state index contributed by atoms with van der Waals surface area (Å²) in [6, 6.07) is 12.6. The normalized spacial score (nSPS) is 11.4. The molecule has 0 bridgehead atoms. The van der Waals surface area contributed by atoms with Crippen LogP contribution in [0.1, 0.15) is 47.4 Å². The maximum Gasteiger partial charge on any atom is 0.338 e. The number of hydrogen-bond acceptors (Lipinski definition) is 5. The first-order valence-corrected chi connectivity index (χ1v) is 9.05. The van der Waals surface area contributed by atoms with Crippen LogP contribution in [0.25, 0.3) is 0 Å². The van der Waals surface area contributed by atoms with E-state index in [1.54, 1.807) is 43.3 Å². The zero-order chi connectivity index (χ0) is 20.5. The van der Waals surface area contributed by atoms with Crippen molar-refractivity contribution in [2.24, 2.45) is 5.73 Å². The molecule has 0 aliphatic carbocycles. The van der Waals surface area contributed by atoms with Gasteiger partial charge in [-0.2, -0.15) is 0 Å². The molecule has 28 heavy (non-hydrogen) atoms. The van der Waals surface area contributed by atoms with E-state index >= 15 is 0 Å². The number of hydrogen-bond donors (Lipinski definition) is 2. The van der Waals surface area contributed by atoms with Crippen molar-refractivity contribution in [2.45, 2.75) is 32.8 Å². The second-order valence-corrected chi connectivity index (χ2v) is 6.20. The molecule has 0 saturated carbocycles. The summed E-state index contributed by atoms with van der Waals surface area (Å²) in [6.07, 6.45) is 1.01. The van der Waals surface area contributed by atoms with Crippen LogP contribution in [0.5, 0.6) is 5.75 Å². The molecule has 0 heterocycles. The molecule has 0 unspecified atom stereocenters. The van der Waals surface area contributed by atoms with Crippen LogP contribution in [0.15, 0.2) is 48.5 Å². The smallest absolute Gasteiger partial charge is 0.338 e. The first kappa shape index (κ1) is 21.0. The Balaban J connectivity index is 1.89. The van der Waals surface area contributed by atoms with Crippen LogP contribution in [0.4, 0.5) is 5.69 Å². The molecule has 0 aliphatic rings. The van der Waals surface area contributed by atoms with Crippen molar-refractivity contribution < 1.29 is 23.9 Å². The monoisotopic (exact) mass is 384 g/mol. The van der Waals surface area contributed by atoms with E-state index in [9.17, 15) is 14.4 Å². The SMILES string of the molecule is CCCCOC(=O)c1ccc(O[C@H](C)C(=O)Nc2ccc(C(N)=O)cc2)cc1. The molecule has 2 aromatic rings. The third-order valence-corrected chi connectivity index (χ3v) is 3.94. The van der Waals surface area contributed by atoms with Crippen molar-refractivity contribution in [1.82, 2.24) is 0 Å². The van der Waals surface area contributed by atoms with Crippen LogP contribution < -0.4 is 15.8 Å². The van der Waals surface area contributed by atoms with Crippen molar-refractivity contribution in [3.8, 4) is 5.75 Å². The second kappa shape index (κ2) is 10.1. The van der Waals surface area contributed by atoms with Gasteiger partial charge in [0.05, 0.1) is 12.2 Å². The minimum absolute atomic E-state index is 0.352. The second-order valence-electron chi connectivity index (χ2n) is 6.20. The highest BCUT2D eigenvalue weighted by molar-refractivity contribution is 5.96. The predicted molar refractivity (Wildman–Crippen MR) is 105 cm³/mol. The third kappa shape index (κ3) is 6.12. The van der Waals surface area contributed by atoms with Crippen LogP contribution in [0, 0.1) is 0 Å². The van der Waals surface area contributed by atoms with Crippen molar-refractivity contribution in [3.63, 3.8) is 0 Å². The van der Waals surface area contributed by atoms with E-state index in [0.29, 0.717) is 29.2 Å². The number of primary amides is 1. The molecule has 2 amide bonds. The van der Waals surface area contributed by atoms with E-state index in [-0.39, 0.29) is 11.9 Å². The van der Waals surface area contributed by atoms with Gasteiger partial charge in [-0.25, -0.2) is 4.79 Å². The summed E-state index contributed by atoms with van der Waals surface area (Å²) in [7, 11) is 0. The topological polar surface area (TPSA) is 108 Å². The average Bonchev–Trinajstić information content (AvgIpc) is 2.69. The minimum atomic E-state index is -0.766. The van der Waals surface area contributed by atoms with Crippen molar-refractivity contribution in [1.29, 1.82) is 0 Å². The highest BCUT2D eigenvalue weighted by Gasteiger charge is 2.16. The lowest BCUT2D eigenvalue weighted by Gasteiger charge is -2.15. The number of nitrogens with two attached hydrogens (primary N) is 1. The van der Waals surface area contributed by atoms with E-state index in [4.69, 9.17) is 15.2 Å². The molecule has 148 valence electrons. The van der Waals surface area contributed by atoms with E-state index in [0.717, 1.165) is 12.8 Å². The molecule has 1 atom stereocenters. The molecule has 0 spiro atoms. The summed E-state index contributed by atoms with van der Waals surface area (Å²) in [5.74, 6) is -0.816. The van der Waals surface area contributed by atoms with Gasteiger partial charge in [0, 0.05) is 11.3 Å². The predicted octanol–water partition coefficient (Wildman–Crippen LogP) is 3.15. The van der Waals surface area contributed by atoms with Crippen LogP contribution in [0.2, 0.25) is 0 Å². The molecule has 0 aliphatic heterocycles. The summed E-state index contributed by atoms with van der Waals surface area (Å²) in [5.41, 5.74) is 6.49. The lowest BCUT2D eigenvalue weighted by atomic mass is 10.2. The average molecular weight is 384 g/mol. The van der Waals surface area contributed by atoms with Gasteiger partial charge in [0.25, 0.3) is 5.91 Å². The quantitative estimate of drug-likeness (QED) is 0.510. The zero-order valence-electron chi connectivity index (χ0n) is 15.9. The number of anilines is 1. The number of unbranched alkanes of at least 4 members (excludes halogenated alkanes) is 1. The molecule has 0 radical (unpaired) electrons. The van der Waals surface area contributed by atoms with Crippen LogP contribution in [-0.2, 0) is 9.53 Å². The lowest BCUT2D eigenvalue weighted by molar-refractivity contribution is -0.122. The standard InChI is InChI=1S/C21H24N2O5/c1-3-4-13-27-21(26)16-7-11-18(12-8-16)28-14(2)20(25)23-17-9-5-15(6-10-17)19(22)24/h5-12,14H,3-4,13H2,1-2H3,(H2,22,24)(H,23,25)/t14-/m1/s1. The molecule has 7 nitrogen and oxygen atoms in total. The fraction of sp³-hybridized carbons (Fsp3) is 0.286. The molecule has 7 heteroatoms. The van der Waals surface area contributed by atoms with E-state index in [1.807, 2.05) is 6.92 Å². The first-order chi connectivity index (χ1) is 13.4. The molecule has 2 aromatic carbocycles. The number of nitrogens with one attached hydrogen (secondary N) is 1. The van der Waals surface area contributed by atoms with Gasteiger partial charge < -0.3 is 20.5 Å². The maximum absolute atomic E-state index is 12.3. The fourth-order valence-corrected chi connectivity index (χ4v) is 2.28. The number of benzene rings is 2. The van der Waals surface area contributed by atoms with Gasteiger partial charge in [-0.3, -0.25) is 9.59 Å². The molecule has 0 aromatic heterocycles. The Bertz CT molecular complexity index is 816. The number of ether oxygens (including phenoxy) is 2. The Morgan fingerprint density at radius 3 is 2.18 bits per heavy atom. The Morgan fingerprint density at radius 2 is 1.61 bits per heavy atom. The van der Waals surface area contributed by atoms with Crippen LogP contribution in [-0.4, -0.2) is 30.5 Å². The highest BCUT2D eigenvalue weighted by atomic mass is 16.5. The largest absolute Gasteiger partial charge is 0.481 e. The molecular formula is C21H24N2O5. The summed E-state index contributed by atoms with van der Waals surface area (Å²) in [5, 5.41) is 2.70. The van der Waals surface area contributed by atoms with Gasteiger partial charge >= 0.3 is 5.97 Å². The summed E-state index contributed by atoms with van der Waals surface area (Å²) in [6.45, 7) is 4.03. The number of carbonyl (C=O) groups excluding carboxylic acids is 3. The van der Waals surface area contributed by atoms with E-state index in [2.05, 4.69) is 5.32 Å². The highest BCUT2D eigenvalue weighted by Crippen LogP contribution is 2.16. The summed E-state index contributed by atoms with van der Waals surface area (Å²) >= 11 is 0. The maximum atomic E-state index is 12.3. The number of carbonyl (C=O) groups is 3. The summed E-state index contributed by atoms with van der Waals surface area (Å²) < 4.78 is 10.7. The van der Waals surface area contributed by atoms with Gasteiger partial charge in [-0.15, -0.1) is 0 Å². The molecular weight excluding hydrogens is 360 g/mol. The Hall–Kier alpha value is -3.35. The van der Waals surface area contributed by atoms with Gasteiger partial charge in [0.1, 0.15) is 5.75 Å². The Labute approximate surface area is 163 Å². The van der Waals surface area contributed by atoms with Crippen molar-refractivity contribution in [3.05, 3.63) is 59.7 Å². The van der Waals surface area contributed by atoms with Crippen molar-refractivity contribution in [2.75, 3.05) is 11.9 Å². The van der Waals surface area contributed by atoms with Gasteiger partial charge in [-0.1, -0.05) is 13.3 Å². The summed E-state index contributed by atoms with van der Waals surface area (Å²) in [4.78, 5) is 35.2. The van der Waals surface area contributed by atoms with E-state index < -0.39 is 12.0 Å². The molecule has 2 rings (SSSR count). The van der Waals surface area contributed by atoms with Gasteiger partial charge in [0.2, 0.25) is 5.91 Å². The van der Waals surface area contributed by atoms with Gasteiger partial charge in [-0.05, 0) is 61.9 Å². The van der Waals surface area contributed by atoms with Crippen LogP contribution in [0.3, 0.4) is 0 Å². The number of esters is 1. The Morgan fingerprint density at radius 1 is 1.00 bits per heavy atom. The van der Waals surface area contributed by atoms with E-state index in [1.165, 1.54) is 12.1 Å². The number of rotatable bonds is 9. The third-order valence-electron chi connectivity index (χ3n) is 3.94. The number of amides is 2. The minimum Gasteiger partial charge on any atom is -0.481 e. The van der Waals surface area contributed by atoms with Crippen molar-refractivity contribution >= 4 is 23.5 Å². The fourth-order valence-electron chi connectivity index (χ4n) is 2.28. The van der Waals surface area contributed by atoms with Gasteiger partial charge in [0.15, 0.2) is 6.10 Å². The first-order valence-electron chi connectivity index (χ1n) is 9.05. The lowest BCUT2D eigenvalue weighted by Crippen LogP contribution is -2.30. The Kier molecular flexibility index (Phi) is 7.56. The molecule has 3 N–H and O–H groups in total.